The Morgan fingerprint density at radius 1 is 1.04 bits per heavy atom. The fraction of sp³-hybridized carbons (Fsp3) is 0.682. The van der Waals surface area contributed by atoms with Crippen LogP contribution in [-0.2, 0) is 16.1 Å². The van der Waals surface area contributed by atoms with Crippen LogP contribution in [-0.4, -0.2) is 30.1 Å². The van der Waals surface area contributed by atoms with E-state index < -0.39 is 0 Å². The van der Waals surface area contributed by atoms with E-state index in [4.69, 9.17) is 4.74 Å². The third-order valence-electron chi connectivity index (χ3n) is 6.58. The maximum atomic E-state index is 12.5. The number of carbonyl (C=O) groups excluding carboxylic acids is 1. The molecule has 3 unspecified atom stereocenters. The Hall–Kier alpha value is -1.43. The van der Waals surface area contributed by atoms with E-state index in [0.717, 1.165) is 25.7 Å². The van der Waals surface area contributed by atoms with Gasteiger partial charge in [0, 0.05) is 18.5 Å². The molecule has 3 N–H and O–H groups in total. The molecular weight excluding hydrogens is 338 g/mol. The number of hydrogen-bond acceptors (Lipinski definition) is 4. The lowest BCUT2D eigenvalue weighted by molar-refractivity contribution is -0.123. The van der Waals surface area contributed by atoms with Gasteiger partial charge in [-0.05, 0) is 50.0 Å². The van der Waals surface area contributed by atoms with Gasteiger partial charge in [-0.25, -0.2) is 0 Å². The fourth-order valence-electron chi connectivity index (χ4n) is 5.06. The molecule has 0 radical (unpaired) electrons. The highest BCUT2D eigenvalue weighted by Crippen LogP contribution is 2.31. The molecule has 1 aromatic carbocycles. The Bertz CT molecular complexity index is 609. The van der Waals surface area contributed by atoms with Gasteiger partial charge in [0.15, 0.2) is 0 Å². The highest BCUT2D eigenvalue weighted by atomic mass is 16.5. The second kappa shape index (κ2) is 9.18. The summed E-state index contributed by atoms with van der Waals surface area (Å²) < 4.78 is 6.11. The van der Waals surface area contributed by atoms with Gasteiger partial charge in [-0.3, -0.25) is 15.6 Å². The molecule has 2 saturated carbocycles. The molecule has 3 aliphatic rings. The van der Waals surface area contributed by atoms with Crippen molar-refractivity contribution in [3.63, 3.8) is 0 Å². The Morgan fingerprint density at radius 2 is 1.89 bits per heavy atom. The summed E-state index contributed by atoms with van der Waals surface area (Å²) in [4.78, 5) is 12.5. The Labute approximate surface area is 162 Å². The molecule has 4 rings (SSSR count). The highest BCUT2D eigenvalue weighted by molar-refractivity contribution is 5.76. The maximum Gasteiger partial charge on any atom is 0.220 e. The van der Waals surface area contributed by atoms with Crippen molar-refractivity contribution in [1.82, 2.24) is 16.2 Å². The summed E-state index contributed by atoms with van der Waals surface area (Å²) in [5.74, 6) is 0.872. The Morgan fingerprint density at radius 3 is 2.78 bits per heavy atom. The van der Waals surface area contributed by atoms with Crippen LogP contribution in [0.3, 0.4) is 0 Å². The van der Waals surface area contributed by atoms with Crippen LogP contribution in [0.25, 0.3) is 0 Å². The van der Waals surface area contributed by atoms with Gasteiger partial charge < -0.3 is 10.1 Å². The summed E-state index contributed by atoms with van der Waals surface area (Å²) in [7, 11) is 0. The second-order valence-electron chi connectivity index (χ2n) is 8.43. The number of amides is 1. The molecule has 0 aromatic heterocycles. The lowest BCUT2D eigenvalue weighted by Crippen LogP contribution is -2.42. The van der Waals surface area contributed by atoms with Crippen molar-refractivity contribution >= 4 is 5.91 Å². The SMILES string of the molecule is O=C(CCC1NNC2CCCCC21)N[C@@H]1CCC[C@H]1OCc1ccccc1. The topological polar surface area (TPSA) is 62.4 Å². The van der Waals surface area contributed by atoms with Crippen LogP contribution in [0, 0.1) is 5.92 Å². The first-order chi connectivity index (χ1) is 13.3. The van der Waals surface area contributed by atoms with E-state index in [1.165, 1.54) is 31.2 Å². The summed E-state index contributed by atoms with van der Waals surface area (Å²) in [6.07, 6.45) is 10.1. The largest absolute Gasteiger partial charge is 0.371 e. The number of hydrazine groups is 1. The second-order valence-corrected chi connectivity index (χ2v) is 8.43. The number of fused-ring (bicyclic) bond motifs is 1. The summed E-state index contributed by atoms with van der Waals surface area (Å²) in [6.45, 7) is 0.624. The predicted octanol–water partition coefficient (Wildman–Crippen LogP) is 3.06. The molecule has 27 heavy (non-hydrogen) atoms. The minimum absolute atomic E-state index is 0.142. The number of rotatable bonds is 7. The first-order valence-corrected chi connectivity index (χ1v) is 10.8. The van der Waals surface area contributed by atoms with Gasteiger partial charge in [0.05, 0.1) is 18.8 Å². The highest BCUT2D eigenvalue weighted by Gasteiger charge is 2.37. The van der Waals surface area contributed by atoms with Crippen molar-refractivity contribution in [2.45, 2.75) is 88.6 Å². The van der Waals surface area contributed by atoms with Crippen LogP contribution in [0.5, 0.6) is 0 Å². The lowest BCUT2D eigenvalue weighted by Gasteiger charge is -2.27. The molecule has 5 nitrogen and oxygen atoms in total. The van der Waals surface area contributed by atoms with Gasteiger partial charge >= 0.3 is 0 Å². The molecule has 1 aliphatic heterocycles. The van der Waals surface area contributed by atoms with E-state index in [-0.39, 0.29) is 18.1 Å². The van der Waals surface area contributed by atoms with E-state index >= 15 is 0 Å². The van der Waals surface area contributed by atoms with Crippen LogP contribution in [0.1, 0.15) is 63.4 Å². The average Bonchev–Trinajstić information content (AvgIpc) is 3.32. The van der Waals surface area contributed by atoms with E-state index in [1.54, 1.807) is 0 Å². The number of ether oxygens (including phenoxy) is 1. The quantitative estimate of drug-likeness (QED) is 0.689. The number of benzene rings is 1. The number of carbonyl (C=O) groups is 1. The molecule has 0 spiro atoms. The number of nitrogens with one attached hydrogen (secondary N) is 3. The van der Waals surface area contributed by atoms with Crippen LogP contribution < -0.4 is 16.2 Å². The van der Waals surface area contributed by atoms with E-state index in [9.17, 15) is 4.79 Å². The molecule has 1 amide bonds. The van der Waals surface area contributed by atoms with Gasteiger partial charge in [-0.15, -0.1) is 0 Å². The number of hydrogen-bond donors (Lipinski definition) is 3. The average molecular weight is 372 g/mol. The molecule has 1 aromatic rings. The van der Waals surface area contributed by atoms with E-state index in [2.05, 4.69) is 28.3 Å². The van der Waals surface area contributed by atoms with Crippen molar-refractivity contribution in [2.75, 3.05) is 0 Å². The third kappa shape index (κ3) is 4.89. The molecule has 1 heterocycles. The zero-order chi connectivity index (χ0) is 18.5. The van der Waals surface area contributed by atoms with Crippen molar-refractivity contribution in [3.8, 4) is 0 Å². The van der Waals surface area contributed by atoms with Crippen molar-refractivity contribution in [2.24, 2.45) is 5.92 Å². The van der Waals surface area contributed by atoms with Gasteiger partial charge in [0.25, 0.3) is 0 Å². The minimum Gasteiger partial charge on any atom is -0.371 e. The molecule has 0 bridgehead atoms. The van der Waals surface area contributed by atoms with Crippen LogP contribution in [0.4, 0.5) is 0 Å². The van der Waals surface area contributed by atoms with E-state index in [1.807, 2.05) is 18.2 Å². The monoisotopic (exact) mass is 371 g/mol. The fourth-order valence-corrected chi connectivity index (χ4v) is 5.06. The van der Waals surface area contributed by atoms with Crippen LogP contribution >= 0.6 is 0 Å². The first-order valence-electron chi connectivity index (χ1n) is 10.8. The van der Waals surface area contributed by atoms with Crippen LogP contribution in [0.15, 0.2) is 30.3 Å². The molecule has 3 fully saturated rings. The molecule has 148 valence electrons. The zero-order valence-electron chi connectivity index (χ0n) is 16.2. The van der Waals surface area contributed by atoms with Crippen LogP contribution in [0.2, 0.25) is 0 Å². The van der Waals surface area contributed by atoms with E-state index in [0.29, 0.717) is 31.0 Å². The van der Waals surface area contributed by atoms with Gasteiger partial charge in [0.1, 0.15) is 0 Å². The third-order valence-corrected chi connectivity index (χ3v) is 6.58. The molecule has 1 saturated heterocycles. The Kier molecular flexibility index (Phi) is 6.43. The van der Waals surface area contributed by atoms with Gasteiger partial charge in [0.2, 0.25) is 5.91 Å². The molecule has 5 heteroatoms. The zero-order valence-corrected chi connectivity index (χ0v) is 16.2. The summed E-state index contributed by atoms with van der Waals surface area (Å²) in [5.41, 5.74) is 8.07. The predicted molar refractivity (Wildman–Crippen MR) is 106 cm³/mol. The smallest absolute Gasteiger partial charge is 0.220 e. The van der Waals surface area contributed by atoms with Gasteiger partial charge in [-0.2, -0.15) is 0 Å². The Balaban J connectivity index is 1.20. The standard InChI is InChI=1S/C22H33N3O2/c26-22(14-13-19-17-9-4-5-10-18(17)24-25-19)23-20-11-6-12-21(20)27-15-16-7-2-1-3-8-16/h1-3,7-8,17-21,24-25H,4-6,9-15H2,(H,23,26)/t17?,18?,19?,20-,21-/m1/s1. The van der Waals surface area contributed by atoms with Crippen molar-refractivity contribution < 1.29 is 9.53 Å². The summed E-state index contributed by atoms with van der Waals surface area (Å²) >= 11 is 0. The van der Waals surface area contributed by atoms with Gasteiger partial charge in [-0.1, -0.05) is 43.2 Å². The normalized spacial score (nSPS) is 33.0. The van der Waals surface area contributed by atoms with Crippen molar-refractivity contribution in [3.05, 3.63) is 35.9 Å². The summed E-state index contributed by atoms with van der Waals surface area (Å²) in [5, 5.41) is 3.25. The van der Waals surface area contributed by atoms with Crippen molar-refractivity contribution in [1.29, 1.82) is 0 Å². The summed E-state index contributed by atoms with van der Waals surface area (Å²) in [6, 6.07) is 11.5. The minimum atomic E-state index is 0.142. The first kappa shape index (κ1) is 18.9. The lowest BCUT2D eigenvalue weighted by atomic mass is 9.80. The maximum absolute atomic E-state index is 12.5. The molecular formula is C22H33N3O2. The molecule has 5 atom stereocenters. The molecule has 2 aliphatic carbocycles.